The van der Waals surface area contributed by atoms with Crippen LogP contribution in [0.5, 0.6) is 5.75 Å². The largest absolute Gasteiger partial charge is 0.452 e. The Labute approximate surface area is 176 Å². The average molecular weight is 409 g/mol. The van der Waals surface area contributed by atoms with Gasteiger partial charge in [-0.15, -0.1) is 0 Å². The van der Waals surface area contributed by atoms with Gasteiger partial charge >= 0.3 is 11.9 Å². The number of amides is 1. The van der Waals surface area contributed by atoms with Gasteiger partial charge in [0.2, 0.25) is 0 Å². The van der Waals surface area contributed by atoms with Crippen molar-refractivity contribution in [2.75, 3.05) is 6.61 Å². The molecule has 2 atom stereocenters. The fourth-order valence-corrected chi connectivity index (χ4v) is 3.67. The van der Waals surface area contributed by atoms with Crippen molar-refractivity contribution in [1.82, 2.24) is 5.32 Å². The Morgan fingerprint density at radius 3 is 2.13 bits per heavy atom. The van der Waals surface area contributed by atoms with Gasteiger partial charge in [-0.05, 0) is 54.2 Å². The maximum Gasteiger partial charge on any atom is 0.338 e. The SMILES string of the molecule is CC(=O)Oc1ccc(-c2ccc(C(=O)OCC(=O)NC3CCCCC3C)cc2)cc1. The molecule has 2 aromatic rings. The first-order valence-electron chi connectivity index (χ1n) is 10.3. The third-order valence-corrected chi connectivity index (χ3v) is 5.36. The van der Waals surface area contributed by atoms with Crippen LogP contribution < -0.4 is 10.1 Å². The van der Waals surface area contributed by atoms with Gasteiger partial charge in [0.05, 0.1) is 5.56 Å². The summed E-state index contributed by atoms with van der Waals surface area (Å²) < 4.78 is 10.2. The lowest BCUT2D eigenvalue weighted by Gasteiger charge is -2.29. The minimum absolute atomic E-state index is 0.163. The van der Waals surface area contributed by atoms with E-state index in [1.54, 1.807) is 36.4 Å². The van der Waals surface area contributed by atoms with E-state index in [1.165, 1.54) is 13.3 Å². The van der Waals surface area contributed by atoms with Crippen LogP contribution in [0.2, 0.25) is 0 Å². The molecule has 1 N–H and O–H groups in total. The molecule has 0 aliphatic heterocycles. The van der Waals surface area contributed by atoms with E-state index in [4.69, 9.17) is 9.47 Å². The zero-order valence-electron chi connectivity index (χ0n) is 17.4. The highest BCUT2D eigenvalue weighted by Crippen LogP contribution is 2.24. The van der Waals surface area contributed by atoms with Gasteiger partial charge in [0, 0.05) is 13.0 Å². The van der Waals surface area contributed by atoms with Crippen LogP contribution >= 0.6 is 0 Å². The monoisotopic (exact) mass is 409 g/mol. The van der Waals surface area contributed by atoms with Crippen LogP contribution in [0.15, 0.2) is 48.5 Å². The van der Waals surface area contributed by atoms with Crippen molar-refractivity contribution in [3.63, 3.8) is 0 Å². The predicted octanol–water partition coefficient (Wildman–Crippen LogP) is 4.13. The molecule has 30 heavy (non-hydrogen) atoms. The van der Waals surface area contributed by atoms with Crippen LogP contribution in [-0.4, -0.2) is 30.5 Å². The van der Waals surface area contributed by atoms with Crippen molar-refractivity contribution < 1.29 is 23.9 Å². The van der Waals surface area contributed by atoms with Gasteiger partial charge in [-0.3, -0.25) is 9.59 Å². The van der Waals surface area contributed by atoms with E-state index in [-0.39, 0.29) is 24.5 Å². The van der Waals surface area contributed by atoms with Gasteiger partial charge in [0.15, 0.2) is 6.61 Å². The number of rotatable bonds is 6. The molecule has 6 nitrogen and oxygen atoms in total. The van der Waals surface area contributed by atoms with Crippen molar-refractivity contribution in [3.8, 4) is 16.9 Å². The number of hydrogen-bond acceptors (Lipinski definition) is 5. The van der Waals surface area contributed by atoms with Gasteiger partial charge in [-0.1, -0.05) is 44.0 Å². The predicted molar refractivity (Wildman–Crippen MR) is 113 cm³/mol. The summed E-state index contributed by atoms with van der Waals surface area (Å²) in [7, 11) is 0. The van der Waals surface area contributed by atoms with Gasteiger partial charge in [-0.2, -0.15) is 0 Å². The summed E-state index contributed by atoms with van der Waals surface area (Å²) in [5.41, 5.74) is 2.21. The maximum absolute atomic E-state index is 12.3. The third-order valence-electron chi connectivity index (χ3n) is 5.36. The first kappa shape index (κ1) is 21.6. The molecule has 2 aromatic carbocycles. The number of benzene rings is 2. The summed E-state index contributed by atoms with van der Waals surface area (Å²) in [6, 6.07) is 14.2. The Balaban J connectivity index is 1.52. The second-order valence-electron chi connectivity index (χ2n) is 7.71. The van der Waals surface area contributed by atoms with E-state index in [0.717, 1.165) is 30.4 Å². The molecule has 3 rings (SSSR count). The van der Waals surface area contributed by atoms with Crippen LogP contribution in [0.3, 0.4) is 0 Å². The lowest BCUT2D eigenvalue weighted by molar-refractivity contribution is -0.132. The highest BCUT2D eigenvalue weighted by atomic mass is 16.5. The van der Waals surface area contributed by atoms with E-state index in [1.807, 2.05) is 12.1 Å². The summed E-state index contributed by atoms with van der Waals surface area (Å²) in [5.74, 6) is -0.223. The Morgan fingerprint density at radius 2 is 1.53 bits per heavy atom. The normalized spacial score (nSPS) is 18.3. The molecular weight excluding hydrogens is 382 g/mol. The molecule has 0 heterocycles. The summed E-state index contributed by atoms with van der Waals surface area (Å²) in [5, 5.41) is 2.97. The smallest absolute Gasteiger partial charge is 0.338 e. The summed E-state index contributed by atoms with van der Waals surface area (Å²) in [6.07, 6.45) is 4.41. The number of carbonyl (C=O) groups excluding carboxylic acids is 3. The second-order valence-corrected chi connectivity index (χ2v) is 7.71. The Kier molecular flexibility index (Phi) is 7.22. The molecular formula is C24H27NO5. The standard InChI is InChI=1S/C24H27NO5/c1-16-5-3-4-6-22(16)25-23(27)15-29-24(28)20-9-7-18(8-10-20)19-11-13-21(14-12-19)30-17(2)26/h7-14,16,22H,3-6,15H2,1-2H3,(H,25,27). The molecule has 158 valence electrons. The quantitative estimate of drug-likeness (QED) is 0.573. The zero-order valence-corrected chi connectivity index (χ0v) is 17.4. The number of carbonyl (C=O) groups is 3. The van der Waals surface area contributed by atoms with E-state index in [9.17, 15) is 14.4 Å². The van der Waals surface area contributed by atoms with Crippen LogP contribution in [0.1, 0.15) is 49.9 Å². The minimum atomic E-state index is -0.529. The summed E-state index contributed by atoms with van der Waals surface area (Å²) >= 11 is 0. The van der Waals surface area contributed by atoms with Crippen LogP contribution in [0.25, 0.3) is 11.1 Å². The lowest BCUT2D eigenvalue weighted by atomic mass is 9.86. The first-order chi connectivity index (χ1) is 14.4. The number of nitrogens with one attached hydrogen (secondary N) is 1. The van der Waals surface area contributed by atoms with E-state index in [2.05, 4.69) is 12.2 Å². The minimum Gasteiger partial charge on any atom is -0.452 e. The van der Waals surface area contributed by atoms with E-state index < -0.39 is 5.97 Å². The van der Waals surface area contributed by atoms with Crippen LogP contribution in [-0.2, 0) is 14.3 Å². The molecule has 1 aliphatic rings. The number of ether oxygens (including phenoxy) is 2. The molecule has 6 heteroatoms. The van der Waals surface area contributed by atoms with E-state index in [0.29, 0.717) is 17.2 Å². The molecule has 0 spiro atoms. The Bertz CT molecular complexity index is 889. The molecule has 0 saturated heterocycles. The first-order valence-corrected chi connectivity index (χ1v) is 10.3. The molecule has 1 aliphatic carbocycles. The van der Waals surface area contributed by atoms with Gasteiger partial charge in [0.25, 0.3) is 5.91 Å². The molecule has 1 amide bonds. The maximum atomic E-state index is 12.3. The second kappa shape index (κ2) is 10.1. The Hall–Kier alpha value is -3.15. The van der Waals surface area contributed by atoms with Gasteiger partial charge in [-0.25, -0.2) is 4.79 Å². The molecule has 0 aromatic heterocycles. The van der Waals surface area contributed by atoms with Crippen molar-refractivity contribution in [2.45, 2.75) is 45.6 Å². The fourth-order valence-electron chi connectivity index (χ4n) is 3.67. The average Bonchev–Trinajstić information content (AvgIpc) is 2.74. The third kappa shape index (κ3) is 5.92. The highest BCUT2D eigenvalue weighted by molar-refractivity contribution is 5.92. The zero-order chi connectivity index (χ0) is 21.5. The topological polar surface area (TPSA) is 81.7 Å². The van der Waals surface area contributed by atoms with Gasteiger partial charge in [0.1, 0.15) is 5.75 Å². The summed E-state index contributed by atoms with van der Waals surface area (Å²) in [6.45, 7) is 3.22. The lowest BCUT2D eigenvalue weighted by Crippen LogP contribution is -2.42. The summed E-state index contributed by atoms with van der Waals surface area (Å²) in [4.78, 5) is 35.3. The van der Waals surface area contributed by atoms with Crippen molar-refractivity contribution in [1.29, 1.82) is 0 Å². The number of hydrogen-bond donors (Lipinski definition) is 1. The van der Waals surface area contributed by atoms with E-state index >= 15 is 0 Å². The fraction of sp³-hybridized carbons (Fsp3) is 0.375. The van der Waals surface area contributed by atoms with Crippen molar-refractivity contribution >= 4 is 17.8 Å². The molecule has 1 saturated carbocycles. The highest BCUT2D eigenvalue weighted by Gasteiger charge is 2.23. The van der Waals surface area contributed by atoms with Crippen LogP contribution in [0, 0.1) is 5.92 Å². The Morgan fingerprint density at radius 1 is 0.933 bits per heavy atom. The molecule has 2 unspecified atom stereocenters. The molecule has 1 fully saturated rings. The number of esters is 2. The van der Waals surface area contributed by atoms with Crippen LogP contribution in [0.4, 0.5) is 0 Å². The van der Waals surface area contributed by atoms with Crippen molar-refractivity contribution in [3.05, 3.63) is 54.1 Å². The molecule has 0 radical (unpaired) electrons. The van der Waals surface area contributed by atoms with Gasteiger partial charge < -0.3 is 14.8 Å². The molecule has 0 bridgehead atoms. The van der Waals surface area contributed by atoms with Crippen molar-refractivity contribution in [2.24, 2.45) is 5.92 Å².